The van der Waals surface area contributed by atoms with E-state index in [1.54, 1.807) is 11.5 Å². The molecule has 1 aromatic carbocycles. The third-order valence-corrected chi connectivity index (χ3v) is 6.76. The van der Waals surface area contributed by atoms with E-state index in [2.05, 4.69) is 19.8 Å². The van der Waals surface area contributed by atoms with E-state index in [1.807, 2.05) is 31.3 Å². The van der Waals surface area contributed by atoms with Gasteiger partial charge in [-0.05, 0) is 31.2 Å². The van der Waals surface area contributed by atoms with Gasteiger partial charge in [-0.15, -0.1) is 11.3 Å². The van der Waals surface area contributed by atoms with Crippen molar-refractivity contribution in [3.8, 4) is 11.3 Å². The second-order valence-corrected chi connectivity index (χ2v) is 9.19. The average Bonchev–Trinajstić information content (AvgIpc) is 3.18. The van der Waals surface area contributed by atoms with Crippen molar-refractivity contribution in [1.29, 1.82) is 0 Å². The van der Waals surface area contributed by atoms with E-state index in [-0.39, 0.29) is 5.56 Å². The van der Waals surface area contributed by atoms with Crippen LogP contribution in [0.1, 0.15) is 5.01 Å². The molecule has 0 saturated carbocycles. The van der Waals surface area contributed by atoms with Crippen LogP contribution in [-0.4, -0.2) is 65.7 Å². The zero-order valence-electron chi connectivity index (χ0n) is 18.0. The summed E-state index contributed by atoms with van der Waals surface area (Å²) in [6, 6.07) is 8.56. The summed E-state index contributed by atoms with van der Waals surface area (Å²) in [7, 11) is 1.72. The van der Waals surface area contributed by atoms with E-state index in [9.17, 15) is 9.18 Å². The first-order valence-electron chi connectivity index (χ1n) is 10.6. The molecule has 0 N–H and O–H groups in total. The third kappa shape index (κ3) is 3.99. The lowest BCUT2D eigenvalue weighted by molar-refractivity contribution is 0.144. The smallest absolute Gasteiger partial charge is 0.258 e. The Bertz CT molecular complexity index is 1340. The van der Waals surface area contributed by atoms with Crippen molar-refractivity contribution in [3.05, 3.63) is 57.7 Å². The summed E-state index contributed by atoms with van der Waals surface area (Å²) in [5, 5.41) is 0.801. The Labute approximate surface area is 188 Å². The number of methoxy groups -OCH3 is 1. The third-order valence-electron chi connectivity index (χ3n) is 5.84. The second-order valence-electron chi connectivity index (χ2n) is 7.95. The number of hydrogen-bond donors (Lipinski definition) is 0. The fourth-order valence-electron chi connectivity index (χ4n) is 4.12. The highest BCUT2D eigenvalue weighted by Gasteiger charge is 2.18. The first-order valence-corrected chi connectivity index (χ1v) is 11.4. The van der Waals surface area contributed by atoms with Crippen LogP contribution in [0.2, 0.25) is 0 Å². The van der Waals surface area contributed by atoms with E-state index in [0.717, 1.165) is 54.7 Å². The molecule has 3 aromatic heterocycles. The maximum Gasteiger partial charge on any atom is 0.258 e. The van der Waals surface area contributed by atoms with Crippen molar-refractivity contribution in [2.45, 2.75) is 6.92 Å². The molecular formula is C23H24FN5O2S. The van der Waals surface area contributed by atoms with Crippen LogP contribution in [0.25, 0.3) is 27.1 Å². The molecule has 7 nitrogen and oxygen atoms in total. The first kappa shape index (κ1) is 21.0. The summed E-state index contributed by atoms with van der Waals surface area (Å²) in [6.07, 6.45) is 1.84. The highest BCUT2D eigenvalue weighted by atomic mass is 32.1. The van der Waals surface area contributed by atoms with Crippen LogP contribution in [0.3, 0.4) is 0 Å². The van der Waals surface area contributed by atoms with Gasteiger partial charge in [0.25, 0.3) is 5.56 Å². The lowest BCUT2D eigenvalue weighted by atomic mass is 10.1. The van der Waals surface area contributed by atoms with Gasteiger partial charge in [-0.1, -0.05) is 0 Å². The maximum atomic E-state index is 14.5. The molecule has 1 aliphatic heterocycles. The van der Waals surface area contributed by atoms with E-state index in [4.69, 9.17) is 4.74 Å². The first-order chi connectivity index (χ1) is 15.5. The SMILES string of the molecule is COCCN1CCN(c2ccc3nc(-c4cc(F)c5nc(C)sc5c4)cc(=O)n3c2)CC1. The van der Waals surface area contributed by atoms with Crippen molar-refractivity contribution >= 4 is 32.9 Å². The molecule has 0 spiro atoms. The van der Waals surface area contributed by atoms with Crippen LogP contribution in [0.5, 0.6) is 0 Å². The molecule has 4 aromatic rings. The molecule has 0 amide bonds. The lowest BCUT2D eigenvalue weighted by Crippen LogP contribution is -2.47. The zero-order chi connectivity index (χ0) is 22.2. The van der Waals surface area contributed by atoms with Crippen LogP contribution in [-0.2, 0) is 4.74 Å². The fourth-order valence-corrected chi connectivity index (χ4v) is 5.00. The standard InChI is InChI=1S/C23H24FN5O2S/c1-15-25-23-18(24)11-16(12-20(23)32-15)19-13-22(30)29-14-17(3-4-21(29)26-19)28-7-5-27(6-8-28)9-10-31-2/h3-4,11-14H,5-10H2,1-2H3. The molecule has 4 heterocycles. The van der Waals surface area contributed by atoms with Crippen LogP contribution in [0, 0.1) is 12.7 Å². The number of halogens is 1. The number of piperazine rings is 1. The van der Waals surface area contributed by atoms with Crippen molar-refractivity contribution in [1.82, 2.24) is 19.3 Å². The number of benzene rings is 1. The van der Waals surface area contributed by atoms with Gasteiger partial charge in [-0.2, -0.15) is 0 Å². The Balaban J connectivity index is 1.44. The van der Waals surface area contributed by atoms with E-state index in [1.165, 1.54) is 23.5 Å². The zero-order valence-corrected chi connectivity index (χ0v) is 18.9. The van der Waals surface area contributed by atoms with Crippen molar-refractivity contribution < 1.29 is 9.13 Å². The van der Waals surface area contributed by atoms with Crippen LogP contribution in [0.15, 0.2) is 41.3 Å². The second kappa shape index (κ2) is 8.57. The Morgan fingerprint density at radius 1 is 1.12 bits per heavy atom. The molecular weight excluding hydrogens is 429 g/mol. The summed E-state index contributed by atoms with van der Waals surface area (Å²) in [5.41, 5.74) is 2.74. The van der Waals surface area contributed by atoms with Crippen molar-refractivity contribution in [2.24, 2.45) is 0 Å². The van der Waals surface area contributed by atoms with Gasteiger partial charge in [0.1, 0.15) is 11.2 Å². The molecule has 1 aliphatic rings. The number of aryl methyl sites for hydroxylation is 1. The summed E-state index contributed by atoms with van der Waals surface area (Å²) >= 11 is 1.43. The van der Waals surface area contributed by atoms with Crippen LogP contribution < -0.4 is 10.5 Å². The Hall–Kier alpha value is -2.88. The molecule has 0 atom stereocenters. The number of hydrogen-bond acceptors (Lipinski definition) is 7. The van der Waals surface area contributed by atoms with Gasteiger partial charge < -0.3 is 9.64 Å². The summed E-state index contributed by atoms with van der Waals surface area (Å²) in [4.78, 5) is 26.4. The molecule has 1 fully saturated rings. The summed E-state index contributed by atoms with van der Waals surface area (Å²) in [6.45, 7) is 7.21. The molecule has 166 valence electrons. The van der Waals surface area contributed by atoms with Crippen molar-refractivity contribution in [3.63, 3.8) is 0 Å². The number of rotatable bonds is 5. The summed E-state index contributed by atoms with van der Waals surface area (Å²) in [5.74, 6) is -0.399. The van der Waals surface area contributed by atoms with E-state index in [0.29, 0.717) is 22.4 Å². The predicted octanol–water partition coefficient (Wildman–Crippen LogP) is 3.19. The average molecular weight is 454 g/mol. The fraction of sp³-hybridized carbons (Fsp3) is 0.348. The van der Waals surface area contributed by atoms with Gasteiger partial charge >= 0.3 is 0 Å². The number of pyridine rings is 1. The number of nitrogens with zero attached hydrogens (tertiary/aromatic N) is 5. The minimum absolute atomic E-state index is 0.188. The quantitative estimate of drug-likeness (QED) is 0.463. The topological polar surface area (TPSA) is 63.0 Å². The number of thiazole rings is 1. The van der Waals surface area contributed by atoms with Gasteiger partial charge in [0, 0.05) is 57.7 Å². The molecule has 1 saturated heterocycles. The molecule has 0 aliphatic carbocycles. The number of aromatic nitrogens is 3. The molecule has 9 heteroatoms. The van der Waals surface area contributed by atoms with Gasteiger partial charge in [-0.25, -0.2) is 14.4 Å². The number of anilines is 1. The highest BCUT2D eigenvalue weighted by molar-refractivity contribution is 7.18. The largest absolute Gasteiger partial charge is 0.383 e. The van der Waals surface area contributed by atoms with Crippen LogP contribution in [0.4, 0.5) is 10.1 Å². The monoisotopic (exact) mass is 453 g/mol. The summed E-state index contributed by atoms with van der Waals surface area (Å²) < 4.78 is 22.0. The minimum atomic E-state index is -0.399. The maximum absolute atomic E-state index is 14.5. The molecule has 0 radical (unpaired) electrons. The van der Waals surface area contributed by atoms with Gasteiger partial charge in [0.05, 0.1) is 27.7 Å². The Kier molecular flexibility index (Phi) is 5.62. The highest BCUT2D eigenvalue weighted by Crippen LogP contribution is 2.29. The number of fused-ring (bicyclic) bond motifs is 2. The lowest BCUT2D eigenvalue weighted by Gasteiger charge is -2.35. The minimum Gasteiger partial charge on any atom is -0.383 e. The van der Waals surface area contributed by atoms with E-state index < -0.39 is 5.82 Å². The number of ether oxygens (including phenoxy) is 1. The molecule has 0 unspecified atom stereocenters. The molecule has 0 bridgehead atoms. The molecule has 5 rings (SSSR count). The van der Waals surface area contributed by atoms with Crippen molar-refractivity contribution in [2.75, 3.05) is 51.3 Å². The predicted molar refractivity (Wildman–Crippen MR) is 125 cm³/mol. The van der Waals surface area contributed by atoms with Gasteiger partial charge in [0.15, 0.2) is 5.82 Å². The van der Waals surface area contributed by atoms with Gasteiger partial charge in [-0.3, -0.25) is 14.1 Å². The Morgan fingerprint density at radius 2 is 1.94 bits per heavy atom. The van der Waals surface area contributed by atoms with E-state index >= 15 is 0 Å². The molecule has 32 heavy (non-hydrogen) atoms. The Morgan fingerprint density at radius 3 is 2.72 bits per heavy atom. The normalized spacial score (nSPS) is 15.2. The van der Waals surface area contributed by atoms with Crippen LogP contribution >= 0.6 is 11.3 Å². The van der Waals surface area contributed by atoms with Gasteiger partial charge in [0.2, 0.25) is 0 Å².